The summed E-state index contributed by atoms with van der Waals surface area (Å²) in [5.74, 6) is 0.543. The van der Waals surface area contributed by atoms with Crippen molar-refractivity contribution < 1.29 is 4.79 Å². The third-order valence-corrected chi connectivity index (χ3v) is 3.57. The van der Waals surface area contributed by atoms with Crippen molar-refractivity contribution in [1.82, 2.24) is 0 Å². The number of ketones is 1. The van der Waals surface area contributed by atoms with E-state index >= 15 is 0 Å². The lowest BCUT2D eigenvalue weighted by Crippen LogP contribution is -2.07. The first kappa shape index (κ1) is 13.5. The molecule has 1 heteroatoms. The van der Waals surface area contributed by atoms with Crippen molar-refractivity contribution in [1.29, 1.82) is 0 Å². The maximum Gasteiger partial charge on any atom is 0.163 e. The Hall–Kier alpha value is -1.89. The minimum atomic E-state index is 0.230. The molecule has 1 atom stereocenters. The molecule has 0 radical (unpaired) electrons. The van der Waals surface area contributed by atoms with Gasteiger partial charge in [0.15, 0.2) is 5.78 Å². The van der Waals surface area contributed by atoms with E-state index in [1.807, 2.05) is 30.3 Å². The summed E-state index contributed by atoms with van der Waals surface area (Å²) in [7, 11) is 0. The van der Waals surface area contributed by atoms with Crippen LogP contribution >= 0.6 is 0 Å². The molecule has 19 heavy (non-hydrogen) atoms. The molecule has 0 bridgehead atoms. The van der Waals surface area contributed by atoms with Crippen molar-refractivity contribution in [2.45, 2.75) is 32.6 Å². The van der Waals surface area contributed by atoms with Gasteiger partial charge in [0.05, 0.1) is 0 Å². The number of benzene rings is 2. The Kier molecular flexibility index (Phi) is 4.51. The van der Waals surface area contributed by atoms with Gasteiger partial charge in [-0.05, 0) is 24.8 Å². The maximum atomic E-state index is 12.3. The van der Waals surface area contributed by atoms with Crippen LogP contribution < -0.4 is 0 Å². The monoisotopic (exact) mass is 252 g/mol. The summed E-state index contributed by atoms with van der Waals surface area (Å²) in [5.41, 5.74) is 3.33. The van der Waals surface area contributed by atoms with E-state index in [9.17, 15) is 4.79 Å². The third kappa shape index (κ3) is 3.54. The fraction of sp³-hybridized carbons (Fsp3) is 0.278. The highest BCUT2D eigenvalue weighted by molar-refractivity contribution is 5.96. The zero-order valence-electron chi connectivity index (χ0n) is 11.6. The van der Waals surface area contributed by atoms with Gasteiger partial charge >= 0.3 is 0 Å². The molecule has 2 aromatic carbocycles. The topological polar surface area (TPSA) is 17.1 Å². The van der Waals surface area contributed by atoms with Gasteiger partial charge in [0.2, 0.25) is 0 Å². The molecule has 0 aliphatic rings. The molecular weight excluding hydrogens is 232 g/mol. The van der Waals surface area contributed by atoms with Crippen molar-refractivity contribution in [3.05, 3.63) is 71.3 Å². The highest BCUT2D eigenvalue weighted by Gasteiger charge is 2.15. The van der Waals surface area contributed by atoms with Gasteiger partial charge in [-0.2, -0.15) is 0 Å². The quantitative estimate of drug-likeness (QED) is 0.701. The predicted octanol–water partition coefficient (Wildman–Crippen LogP) is 4.76. The summed E-state index contributed by atoms with van der Waals surface area (Å²) in [4.78, 5) is 12.3. The normalized spacial score (nSPS) is 12.1. The molecular formula is C18H20O. The second-order valence-corrected chi connectivity index (χ2v) is 5.01. The van der Waals surface area contributed by atoms with E-state index in [-0.39, 0.29) is 5.78 Å². The van der Waals surface area contributed by atoms with Crippen molar-refractivity contribution in [3.63, 3.8) is 0 Å². The number of Topliss-reactive ketones (excluding diaryl/α,β-unsaturated/α-hetero) is 1. The van der Waals surface area contributed by atoms with Gasteiger partial charge in [-0.1, -0.05) is 67.1 Å². The Balaban J connectivity index is 2.11. The SMILES string of the molecule is CCC(CC(=O)c1ccccc1)c1ccc(C)cc1. The van der Waals surface area contributed by atoms with Crippen LogP contribution in [0, 0.1) is 6.92 Å². The average Bonchev–Trinajstić information content (AvgIpc) is 2.46. The highest BCUT2D eigenvalue weighted by atomic mass is 16.1. The third-order valence-electron chi connectivity index (χ3n) is 3.57. The molecule has 0 spiro atoms. The first-order valence-electron chi connectivity index (χ1n) is 6.85. The van der Waals surface area contributed by atoms with E-state index < -0.39 is 0 Å². The van der Waals surface area contributed by atoms with Crippen molar-refractivity contribution >= 4 is 5.78 Å². The first-order chi connectivity index (χ1) is 9.20. The Morgan fingerprint density at radius 3 is 2.21 bits per heavy atom. The molecule has 0 aliphatic heterocycles. The molecule has 0 aromatic heterocycles. The van der Waals surface area contributed by atoms with Crippen LogP contribution in [-0.2, 0) is 0 Å². The number of hydrogen-bond donors (Lipinski definition) is 0. The van der Waals surface area contributed by atoms with E-state index in [4.69, 9.17) is 0 Å². The van der Waals surface area contributed by atoms with Crippen molar-refractivity contribution in [2.24, 2.45) is 0 Å². The standard InChI is InChI=1S/C18H20O/c1-3-15(16-11-9-14(2)10-12-16)13-18(19)17-7-5-4-6-8-17/h4-12,15H,3,13H2,1-2H3. The lowest BCUT2D eigenvalue weighted by molar-refractivity contribution is 0.0973. The molecule has 98 valence electrons. The van der Waals surface area contributed by atoms with Crippen molar-refractivity contribution in [2.75, 3.05) is 0 Å². The van der Waals surface area contributed by atoms with E-state index in [0.717, 1.165) is 12.0 Å². The molecule has 0 fully saturated rings. The summed E-state index contributed by atoms with van der Waals surface area (Å²) in [6, 6.07) is 18.1. The van der Waals surface area contributed by atoms with Gasteiger partial charge in [0.25, 0.3) is 0 Å². The van der Waals surface area contributed by atoms with Crippen molar-refractivity contribution in [3.8, 4) is 0 Å². The van der Waals surface area contributed by atoms with Crippen LogP contribution in [-0.4, -0.2) is 5.78 Å². The Morgan fingerprint density at radius 2 is 1.63 bits per heavy atom. The summed E-state index contributed by atoms with van der Waals surface area (Å²) < 4.78 is 0. The summed E-state index contributed by atoms with van der Waals surface area (Å²) >= 11 is 0. The van der Waals surface area contributed by atoms with Crippen LogP contribution in [0.3, 0.4) is 0 Å². The molecule has 0 saturated carbocycles. The van der Waals surface area contributed by atoms with Crippen LogP contribution in [0.2, 0.25) is 0 Å². The number of carbonyl (C=O) groups excluding carboxylic acids is 1. The largest absolute Gasteiger partial charge is 0.294 e. The molecule has 2 rings (SSSR count). The number of aryl methyl sites for hydroxylation is 1. The zero-order chi connectivity index (χ0) is 13.7. The summed E-state index contributed by atoms with van der Waals surface area (Å²) in [5, 5.41) is 0. The smallest absolute Gasteiger partial charge is 0.163 e. The molecule has 0 amide bonds. The minimum Gasteiger partial charge on any atom is -0.294 e. The van der Waals surface area contributed by atoms with E-state index in [2.05, 4.69) is 38.1 Å². The minimum absolute atomic E-state index is 0.230. The molecule has 0 N–H and O–H groups in total. The molecule has 1 nitrogen and oxygen atoms in total. The lowest BCUT2D eigenvalue weighted by atomic mass is 9.89. The maximum absolute atomic E-state index is 12.3. The Labute approximate surface area is 115 Å². The Morgan fingerprint density at radius 1 is 1.00 bits per heavy atom. The van der Waals surface area contributed by atoms with Gasteiger partial charge in [0.1, 0.15) is 0 Å². The number of hydrogen-bond acceptors (Lipinski definition) is 1. The predicted molar refractivity (Wildman–Crippen MR) is 79.6 cm³/mol. The lowest BCUT2D eigenvalue weighted by Gasteiger charge is -2.15. The summed E-state index contributed by atoms with van der Waals surface area (Å²) in [6.45, 7) is 4.22. The highest BCUT2D eigenvalue weighted by Crippen LogP contribution is 2.25. The van der Waals surface area contributed by atoms with Gasteiger partial charge < -0.3 is 0 Å². The summed E-state index contributed by atoms with van der Waals surface area (Å²) in [6.07, 6.45) is 1.57. The fourth-order valence-corrected chi connectivity index (χ4v) is 2.30. The second-order valence-electron chi connectivity index (χ2n) is 5.01. The average molecular weight is 252 g/mol. The van der Waals surface area contributed by atoms with E-state index in [0.29, 0.717) is 12.3 Å². The van der Waals surface area contributed by atoms with Gasteiger partial charge in [-0.15, -0.1) is 0 Å². The van der Waals surface area contributed by atoms with Gasteiger partial charge in [-0.3, -0.25) is 4.79 Å². The fourth-order valence-electron chi connectivity index (χ4n) is 2.30. The van der Waals surface area contributed by atoms with E-state index in [1.54, 1.807) is 0 Å². The van der Waals surface area contributed by atoms with Crippen LogP contribution in [0.1, 0.15) is 47.2 Å². The number of rotatable bonds is 5. The molecule has 0 saturated heterocycles. The van der Waals surface area contributed by atoms with Gasteiger partial charge in [0, 0.05) is 12.0 Å². The van der Waals surface area contributed by atoms with Crippen LogP contribution in [0.25, 0.3) is 0 Å². The Bertz CT molecular complexity index is 525. The number of carbonyl (C=O) groups is 1. The van der Waals surface area contributed by atoms with E-state index in [1.165, 1.54) is 11.1 Å². The molecule has 1 unspecified atom stereocenters. The second kappa shape index (κ2) is 6.33. The van der Waals surface area contributed by atoms with Crippen LogP contribution in [0.15, 0.2) is 54.6 Å². The molecule has 2 aromatic rings. The van der Waals surface area contributed by atoms with Crippen LogP contribution in [0.4, 0.5) is 0 Å². The van der Waals surface area contributed by atoms with Gasteiger partial charge in [-0.25, -0.2) is 0 Å². The molecule has 0 aliphatic carbocycles. The van der Waals surface area contributed by atoms with Crippen LogP contribution in [0.5, 0.6) is 0 Å². The first-order valence-corrected chi connectivity index (χ1v) is 6.85. The molecule has 0 heterocycles. The zero-order valence-corrected chi connectivity index (χ0v) is 11.6.